The average Bonchev–Trinajstić information content (AvgIpc) is 3.32. The lowest BCUT2D eigenvalue weighted by Gasteiger charge is -2.08. The van der Waals surface area contributed by atoms with Gasteiger partial charge in [-0.15, -0.1) is 11.3 Å². The van der Waals surface area contributed by atoms with Crippen molar-refractivity contribution < 1.29 is 27.2 Å². The monoisotopic (exact) mass is 409 g/mol. The number of anilines is 1. The van der Waals surface area contributed by atoms with Gasteiger partial charge >= 0.3 is 6.18 Å². The second kappa shape index (κ2) is 8.26. The summed E-state index contributed by atoms with van der Waals surface area (Å²) in [5, 5.41) is 7.14. The van der Waals surface area contributed by atoms with E-state index in [2.05, 4.69) is 15.6 Å². The van der Waals surface area contributed by atoms with Gasteiger partial charge in [-0.2, -0.15) is 13.2 Å². The molecule has 0 aliphatic carbocycles. The molecule has 1 aromatic carbocycles. The molecule has 3 rings (SSSR count). The molecular weight excluding hydrogens is 395 g/mol. The van der Waals surface area contributed by atoms with Gasteiger partial charge in [-0.1, -0.05) is 12.1 Å². The van der Waals surface area contributed by atoms with Crippen LogP contribution in [0.3, 0.4) is 0 Å². The van der Waals surface area contributed by atoms with Crippen LogP contribution in [0, 0.1) is 0 Å². The molecule has 0 bridgehead atoms. The molecule has 0 unspecified atom stereocenters. The van der Waals surface area contributed by atoms with Crippen LogP contribution in [0.15, 0.2) is 52.5 Å². The van der Waals surface area contributed by atoms with Crippen molar-refractivity contribution in [2.75, 3.05) is 5.32 Å². The number of halogens is 3. The van der Waals surface area contributed by atoms with Crippen LogP contribution >= 0.6 is 11.3 Å². The number of carbonyl (C=O) groups is 2. The largest absolute Gasteiger partial charge is 0.459 e. The maximum absolute atomic E-state index is 12.5. The molecule has 3 aromatic rings. The lowest BCUT2D eigenvalue weighted by atomic mass is 10.1. The maximum atomic E-state index is 12.5. The molecule has 0 fully saturated rings. The third kappa shape index (κ3) is 5.19. The third-order valence-electron chi connectivity index (χ3n) is 3.63. The highest BCUT2D eigenvalue weighted by Gasteiger charge is 2.29. The minimum absolute atomic E-state index is 0.0201. The second-order valence-corrected chi connectivity index (χ2v) is 6.58. The van der Waals surface area contributed by atoms with E-state index in [0.29, 0.717) is 16.4 Å². The number of rotatable bonds is 6. The first-order valence-corrected chi connectivity index (χ1v) is 8.91. The zero-order valence-electron chi connectivity index (χ0n) is 14.2. The van der Waals surface area contributed by atoms with Gasteiger partial charge in [0.2, 0.25) is 5.91 Å². The van der Waals surface area contributed by atoms with Gasteiger partial charge in [-0.05, 0) is 29.8 Å². The number of amides is 2. The summed E-state index contributed by atoms with van der Waals surface area (Å²) in [5.41, 5.74) is 0.268. The zero-order valence-corrected chi connectivity index (χ0v) is 15.1. The Morgan fingerprint density at radius 2 is 1.89 bits per heavy atom. The first-order chi connectivity index (χ1) is 13.3. The summed E-state index contributed by atoms with van der Waals surface area (Å²) in [6, 6.07) is 7.66. The minimum atomic E-state index is -4.39. The van der Waals surface area contributed by atoms with E-state index in [4.69, 9.17) is 4.42 Å². The van der Waals surface area contributed by atoms with E-state index in [1.165, 1.54) is 24.5 Å². The molecule has 6 nitrogen and oxygen atoms in total. The molecule has 146 valence electrons. The lowest BCUT2D eigenvalue weighted by molar-refractivity contribution is -0.137. The van der Waals surface area contributed by atoms with Crippen LogP contribution in [-0.2, 0) is 23.9 Å². The molecule has 0 saturated heterocycles. The molecular formula is C18H14F3N3O3S. The Kier molecular flexibility index (Phi) is 5.78. The lowest BCUT2D eigenvalue weighted by Crippen LogP contribution is -2.24. The molecule has 2 N–H and O–H groups in total. The maximum Gasteiger partial charge on any atom is 0.416 e. The molecule has 0 saturated carbocycles. The Morgan fingerprint density at radius 3 is 2.54 bits per heavy atom. The quantitative estimate of drug-likeness (QED) is 0.648. The summed E-state index contributed by atoms with van der Waals surface area (Å²) in [7, 11) is 0. The highest BCUT2D eigenvalue weighted by Crippen LogP contribution is 2.29. The first-order valence-electron chi connectivity index (χ1n) is 8.03. The fourth-order valence-corrected chi connectivity index (χ4v) is 2.96. The first kappa shape index (κ1) is 19.6. The van der Waals surface area contributed by atoms with Crippen LogP contribution in [0.2, 0.25) is 0 Å². The van der Waals surface area contributed by atoms with Gasteiger partial charge in [0, 0.05) is 11.9 Å². The van der Waals surface area contributed by atoms with Gasteiger partial charge in [-0.3, -0.25) is 14.9 Å². The van der Waals surface area contributed by atoms with E-state index >= 15 is 0 Å². The van der Waals surface area contributed by atoms with Crippen LogP contribution < -0.4 is 10.6 Å². The van der Waals surface area contributed by atoms with Crippen LogP contribution in [0.1, 0.15) is 27.4 Å². The standard InChI is InChI=1S/C18H14F3N3O3S/c19-18(20,21)12-5-3-11(4-6-12)9-22-15(25)8-13-10-28-17(23-13)24-16(26)14-2-1-7-27-14/h1-7,10H,8-9H2,(H,22,25)(H,23,24,26). The summed E-state index contributed by atoms with van der Waals surface area (Å²) in [4.78, 5) is 28.0. The number of thiazole rings is 1. The van der Waals surface area contributed by atoms with E-state index in [0.717, 1.165) is 23.5 Å². The summed E-state index contributed by atoms with van der Waals surface area (Å²) in [5.74, 6) is -0.641. The summed E-state index contributed by atoms with van der Waals surface area (Å²) >= 11 is 1.16. The number of benzene rings is 1. The minimum Gasteiger partial charge on any atom is -0.459 e. The molecule has 0 aliphatic rings. The summed E-state index contributed by atoms with van der Waals surface area (Å²) in [6.45, 7) is 0.100. The van der Waals surface area contributed by atoms with Crippen molar-refractivity contribution in [1.82, 2.24) is 10.3 Å². The fraction of sp³-hybridized carbons (Fsp3) is 0.167. The second-order valence-electron chi connectivity index (χ2n) is 5.72. The molecule has 0 spiro atoms. The third-order valence-corrected chi connectivity index (χ3v) is 4.44. The van der Waals surface area contributed by atoms with Crippen molar-refractivity contribution in [3.05, 3.63) is 70.6 Å². The summed E-state index contributed by atoms with van der Waals surface area (Å²) < 4.78 is 42.6. The molecule has 28 heavy (non-hydrogen) atoms. The SMILES string of the molecule is O=C(Cc1csc(NC(=O)c2ccco2)n1)NCc1ccc(C(F)(F)F)cc1. The molecule has 0 atom stereocenters. The Morgan fingerprint density at radius 1 is 1.14 bits per heavy atom. The number of alkyl halides is 3. The van der Waals surface area contributed by atoms with Crippen molar-refractivity contribution in [3.8, 4) is 0 Å². The van der Waals surface area contributed by atoms with Crippen molar-refractivity contribution in [2.45, 2.75) is 19.1 Å². The van der Waals surface area contributed by atoms with Crippen LogP contribution in [-0.4, -0.2) is 16.8 Å². The van der Waals surface area contributed by atoms with Crippen molar-refractivity contribution in [2.24, 2.45) is 0 Å². The Labute approximate surface area is 161 Å². The highest BCUT2D eigenvalue weighted by atomic mass is 32.1. The number of furan rings is 1. The van der Waals surface area contributed by atoms with E-state index in [9.17, 15) is 22.8 Å². The molecule has 0 radical (unpaired) electrons. The van der Waals surface area contributed by atoms with Crippen molar-refractivity contribution in [1.29, 1.82) is 0 Å². The van der Waals surface area contributed by atoms with Gasteiger partial charge in [0.15, 0.2) is 10.9 Å². The van der Waals surface area contributed by atoms with Gasteiger partial charge in [0.25, 0.3) is 5.91 Å². The highest BCUT2D eigenvalue weighted by molar-refractivity contribution is 7.14. The Balaban J connectivity index is 1.49. The van der Waals surface area contributed by atoms with Crippen LogP contribution in [0.25, 0.3) is 0 Å². The number of nitrogens with one attached hydrogen (secondary N) is 2. The number of hydrogen-bond donors (Lipinski definition) is 2. The van der Waals surface area contributed by atoms with Crippen molar-refractivity contribution >= 4 is 28.3 Å². The average molecular weight is 409 g/mol. The van der Waals surface area contributed by atoms with E-state index < -0.39 is 17.6 Å². The normalized spacial score (nSPS) is 11.2. The molecule has 2 amide bonds. The number of nitrogens with zero attached hydrogens (tertiary/aromatic N) is 1. The predicted octanol–water partition coefficient (Wildman–Crippen LogP) is 3.87. The van der Waals surface area contributed by atoms with Gasteiger partial charge in [-0.25, -0.2) is 4.98 Å². The zero-order chi connectivity index (χ0) is 20.1. The van der Waals surface area contributed by atoms with Crippen LogP contribution in [0.4, 0.5) is 18.3 Å². The van der Waals surface area contributed by atoms with Gasteiger partial charge < -0.3 is 9.73 Å². The predicted molar refractivity (Wildman–Crippen MR) is 95.8 cm³/mol. The Hall–Kier alpha value is -3.14. The number of carbonyl (C=O) groups excluding carboxylic acids is 2. The smallest absolute Gasteiger partial charge is 0.416 e. The van der Waals surface area contributed by atoms with E-state index in [-0.39, 0.29) is 24.6 Å². The molecule has 10 heteroatoms. The molecule has 0 aliphatic heterocycles. The molecule has 2 heterocycles. The molecule has 2 aromatic heterocycles. The van der Waals surface area contributed by atoms with Gasteiger partial charge in [0.05, 0.1) is 23.9 Å². The topological polar surface area (TPSA) is 84.2 Å². The number of hydrogen-bond acceptors (Lipinski definition) is 5. The fourth-order valence-electron chi connectivity index (χ4n) is 2.25. The number of aromatic nitrogens is 1. The Bertz CT molecular complexity index is 951. The van der Waals surface area contributed by atoms with E-state index in [1.807, 2.05) is 0 Å². The van der Waals surface area contributed by atoms with E-state index in [1.54, 1.807) is 11.4 Å². The van der Waals surface area contributed by atoms with Crippen molar-refractivity contribution in [3.63, 3.8) is 0 Å². The van der Waals surface area contributed by atoms with Crippen LogP contribution in [0.5, 0.6) is 0 Å². The summed E-state index contributed by atoms with van der Waals surface area (Å²) in [6.07, 6.45) is -3.03. The van der Waals surface area contributed by atoms with Gasteiger partial charge in [0.1, 0.15) is 0 Å².